The van der Waals surface area contributed by atoms with Gasteiger partial charge in [0.1, 0.15) is 0 Å². The maximum absolute atomic E-state index is 8.94. The maximum Gasteiger partial charge on any atom is 0.0690 e. The van der Waals surface area contributed by atoms with Crippen LogP contribution in [0.25, 0.3) is 6.08 Å². The molecule has 0 radical (unpaired) electrons. The molecule has 128 valence electrons. The molecule has 1 heteroatoms. The number of rotatable bonds is 3. The molecule has 1 aliphatic rings. The van der Waals surface area contributed by atoms with E-state index in [9.17, 15) is 0 Å². The van der Waals surface area contributed by atoms with Gasteiger partial charge in [0.25, 0.3) is 0 Å². The van der Waals surface area contributed by atoms with Crippen LogP contribution < -0.4 is 0 Å². The highest BCUT2D eigenvalue weighted by atomic mass is 14.4. The molecular weight excluding hydrogens is 314 g/mol. The highest BCUT2D eigenvalue weighted by molar-refractivity contribution is 6.13. The van der Waals surface area contributed by atoms with Crippen LogP contribution in [0.2, 0.25) is 0 Å². The molecule has 0 amide bonds. The summed E-state index contributed by atoms with van der Waals surface area (Å²) in [4.78, 5) is 0. The average molecular weight is 337 g/mol. The van der Waals surface area contributed by atoms with Crippen molar-refractivity contribution in [2.75, 3.05) is 0 Å². The zero-order valence-corrected chi connectivity index (χ0v) is 15.5. The number of aryl methyl sites for hydroxylation is 1. The molecule has 0 fully saturated rings. The molecule has 4 rings (SSSR count). The third kappa shape index (κ3) is 2.61. The van der Waals surface area contributed by atoms with E-state index in [-0.39, 0.29) is 5.92 Å². The molecule has 3 aromatic carbocycles. The molecule has 3 aromatic rings. The number of allylic oxidation sites excluding steroid dienone is 1. The van der Waals surface area contributed by atoms with Gasteiger partial charge in [-0.05, 0) is 54.2 Å². The lowest BCUT2D eigenvalue weighted by atomic mass is 9.85. The predicted molar refractivity (Wildman–Crippen MR) is 110 cm³/mol. The van der Waals surface area contributed by atoms with E-state index < -0.39 is 0 Å². The second-order valence-corrected chi connectivity index (χ2v) is 7.11. The lowest BCUT2D eigenvalue weighted by molar-refractivity contribution is 1.04. The van der Waals surface area contributed by atoms with E-state index in [1.807, 2.05) is 6.07 Å². The van der Waals surface area contributed by atoms with Gasteiger partial charge in [0.15, 0.2) is 0 Å². The minimum atomic E-state index is 0.217. The van der Waals surface area contributed by atoms with Gasteiger partial charge in [0.05, 0.1) is 5.71 Å². The number of hydrogen-bond acceptors (Lipinski definition) is 1. The summed E-state index contributed by atoms with van der Waals surface area (Å²) in [7, 11) is 0. The van der Waals surface area contributed by atoms with E-state index in [1.165, 1.54) is 33.4 Å². The van der Waals surface area contributed by atoms with E-state index >= 15 is 0 Å². The van der Waals surface area contributed by atoms with Gasteiger partial charge >= 0.3 is 0 Å². The van der Waals surface area contributed by atoms with Gasteiger partial charge in [-0.2, -0.15) is 0 Å². The third-order valence-electron chi connectivity index (χ3n) is 5.69. The topological polar surface area (TPSA) is 23.9 Å². The van der Waals surface area contributed by atoms with Crippen LogP contribution in [-0.2, 0) is 0 Å². The van der Waals surface area contributed by atoms with E-state index in [0.717, 1.165) is 11.1 Å². The van der Waals surface area contributed by atoms with Crippen molar-refractivity contribution in [3.05, 3.63) is 111 Å². The Morgan fingerprint density at radius 2 is 1.42 bits per heavy atom. The van der Waals surface area contributed by atoms with Gasteiger partial charge in [0, 0.05) is 17.0 Å². The largest absolute Gasteiger partial charge is 0.300 e. The van der Waals surface area contributed by atoms with Crippen molar-refractivity contribution >= 4 is 11.8 Å². The summed E-state index contributed by atoms with van der Waals surface area (Å²) in [6, 6.07) is 21.1. The lowest BCUT2D eigenvalue weighted by Crippen LogP contribution is -2.10. The summed E-state index contributed by atoms with van der Waals surface area (Å²) in [5.74, 6) is 0.217. The molecule has 0 aliphatic heterocycles. The summed E-state index contributed by atoms with van der Waals surface area (Å²) < 4.78 is 0. The van der Waals surface area contributed by atoms with E-state index in [1.54, 1.807) is 0 Å². The minimum absolute atomic E-state index is 0.217. The van der Waals surface area contributed by atoms with Gasteiger partial charge in [-0.15, -0.1) is 0 Å². The van der Waals surface area contributed by atoms with Gasteiger partial charge in [0.2, 0.25) is 0 Å². The van der Waals surface area contributed by atoms with E-state index in [0.29, 0.717) is 5.71 Å². The molecule has 0 saturated carbocycles. The van der Waals surface area contributed by atoms with Crippen molar-refractivity contribution in [2.45, 2.75) is 26.7 Å². The van der Waals surface area contributed by atoms with Crippen LogP contribution in [0.3, 0.4) is 0 Å². The summed E-state index contributed by atoms with van der Waals surface area (Å²) in [6.07, 6.45) is 4.45. The van der Waals surface area contributed by atoms with Crippen LogP contribution in [0, 0.1) is 26.2 Å². The van der Waals surface area contributed by atoms with Crippen molar-refractivity contribution in [1.29, 1.82) is 5.41 Å². The fourth-order valence-corrected chi connectivity index (χ4v) is 3.89. The van der Waals surface area contributed by atoms with E-state index in [2.05, 4.69) is 87.5 Å². The van der Waals surface area contributed by atoms with Crippen molar-refractivity contribution in [3.63, 3.8) is 0 Å². The average Bonchev–Trinajstić information content (AvgIpc) is 3.10. The molecule has 1 unspecified atom stereocenters. The van der Waals surface area contributed by atoms with Gasteiger partial charge in [-0.1, -0.05) is 72.8 Å². The first kappa shape index (κ1) is 16.5. The quantitative estimate of drug-likeness (QED) is 0.551. The Labute approximate surface area is 155 Å². The van der Waals surface area contributed by atoms with Crippen LogP contribution in [-0.4, -0.2) is 5.71 Å². The SMILES string of the molecule is Cc1ccc(C(=N)c2ccccc2C2C=Cc3ccccc32)c(C)c1C. The number of hydrogen-bond donors (Lipinski definition) is 1. The minimum Gasteiger partial charge on any atom is -0.300 e. The molecule has 0 aromatic heterocycles. The highest BCUT2D eigenvalue weighted by Gasteiger charge is 2.23. The van der Waals surface area contributed by atoms with Crippen molar-refractivity contribution in [1.82, 2.24) is 0 Å². The van der Waals surface area contributed by atoms with Crippen LogP contribution >= 0.6 is 0 Å². The fraction of sp³-hybridized carbons (Fsp3) is 0.160. The highest BCUT2D eigenvalue weighted by Crippen LogP contribution is 2.37. The Kier molecular flexibility index (Phi) is 4.08. The molecular formula is C25H23N. The maximum atomic E-state index is 8.94. The van der Waals surface area contributed by atoms with Crippen molar-refractivity contribution in [3.8, 4) is 0 Å². The summed E-state index contributed by atoms with van der Waals surface area (Å²) in [5.41, 5.74) is 10.2. The van der Waals surface area contributed by atoms with Crippen LogP contribution in [0.15, 0.2) is 66.7 Å². The Morgan fingerprint density at radius 1 is 0.731 bits per heavy atom. The number of nitrogens with one attached hydrogen (secondary N) is 1. The second-order valence-electron chi connectivity index (χ2n) is 7.11. The van der Waals surface area contributed by atoms with Crippen LogP contribution in [0.5, 0.6) is 0 Å². The van der Waals surface area contributed by atoms with Gasteiger partial charge < -0.3 is 0 Å². The van der Waals surface area contributed by atoms with Crippen LogP contribution in [0.1, 0.15) is 50.4 Å². The summed E-state index contributed by atoms with van der Waals surface area (Å²) in [6.45, 7) is 6.40. The summed E-state index contributed by atoms with van der Waals surface area (Å²) in [5, 5.41) is 8.94. The summed E-state index contributed by atoms with van der Waals surface area (Å²) >= 11 is 0. The predicted octanol–water partition coefficient (Wildman–Crippen LogP) is 6.19. The fourth-order valence-electron chi connectivity index (χ4n) is 3.89. The molecule has 0 bridgehead atoms. The first-order valence-corrected chi connectivity index (χ1v) is 9.10. The number of benzene rings is 3. The Morgan fingerprint density at radius 3 is 2.23 bits per heavy atom. The molecule has 1 aliphatic carbocycles. The molecule has 0 spiro atoms. The number of fused-ring (bicyclic) bond motifs is 1. The molecule has 1 N–H and O–H groups in total. The molecule has 0 saturated heterocycles. The first-order valence-electron chi connectivity index (χ1n) is 9.10. The van der Waals surface area contributed by atoms with Crippen LogP contribution in [0.4, 0.5) is 0 Å². The van der Waals surface area contributed by atoms with Crippen molar-refractivity contribution < 1.29 is 0 Å². The molecule has 26 heavy (non-hydrogen) atoms. The smallest absolute Gasteiger partial charge is 0.0690 e. The zero-order chi connectivity index (χ0) is 18.3. The van der Waals surface area contributed by atoms with E-state index in [4.69, 9.17) is 5.41 Å². The van der Waals surface area contributed by atoms with Crippen molar-refractivity contribution in [2.24, 2.45) is 0 Å². The Balaban J connectivity index is 1.82. The normalized spacial score (nSPS) is 15.1. The molecule has 1 atom stereocenters. The lowest BCUT2D eigenvalue weighted by Gasteiger charge is -2.19. The van der Waals surface area contributed by atoms with Gasteiger partial charge in [-0.3, -0.25) is 5.41 Å². The zero-order valence-electron chi connectivity index (χ0n) is 15.5. The van der Waals surface area contributed by atoms with Gasteiger partial charge in [-0.25, -0.2) is 0 Å². The molecule has 0 heterocycles. The second kappa shape index (κ2) is 6.42. The molecule has 1 nitrogen and oxygen atoms in total. The Hall–Kier alpha value is -2.93. The third-order valence-corrected chi connectivity index (χ3v) is 5.69. The monoisotopic (exact) mass is 337 g/mol. The Bertz CT molecular complexity index is 1040. The standard InChI is InChI=1S/C25H23N/c1-16-12-14-20(18(3)17(16)2)25(26)24-11-7-6-10-22(24)23-15-13-19-8-4-5-9-21(19)23/h4-15,23,26H,1-3H3. The first-order chi connectivity index (χ1) is 12.6.